The van der Waals surface area contributed by atoms with E-state index in [9.17, 15) is 9.59 Å². The zero-order valence-electron chi connectivity index (χ0n) is 19.6. The van der Waals surface area contributed by atoms with Gasteiger partial charge in [0.2, 0.25) is 5.91 Å². The number of nitrogens with zero attached hydrogens (tertiary/aromatic N) is 1. The Bertz CT molecular complexity index is 1390. The zero-order chi connectivity index (χ0) is 24.2. The van der Waals surface area contributed by atoms with Crippen LogP contribution in [0.3, 0.4) is 0 Å². The van der Waals surface area contributed by atoms with Crippen molar-refractivity contribution in [3.63, 3.8) is 0 Å². The summed E-state index contributed by atoms with van der Waals surface area (Å²) in [6, 6.07) is 15.8. The molecule has 3 amide bonds. The van der Waals surface area contributed by atoms with Crippen LogP contribution >= 0.6 is 0 Å². The molecule has 3 heterocycles. The summed E-state index contributed by atoms with van der Waals surface area (Å²) in [7, 11) is 0. The molecule has 182 valence electrons. The average molecular weight is 483 g/mol. The highest BCUT2D eigenvalue weighted by atomic mass is 16.5. The Morgan fingerprint density at radius 1 is 1.06 bits per heavy atom. The second-order valence-corrected chi connectivity index (χ2v) is 9.88. The molecule has 1 aromatic heterocycles. The highest BCUT2D eigenvalue weighted by molar-refractivity contribution is 5.93. The molecule has 3 unspecified atom stereocenters. The Labute approximate surface area is 208 Å². The van der Waals surface area contributed by atoms with Crippen LogP contribution in [0.15, 0.2) is 54.7 Å². The molecule has 2 aromatic carbocycles. The Morgan fingerprint density at radius 3 is 2.92 bits per heavy atom. The van der Waals surface area contributed by atoms with Gasteiger partial charge in [0.15, 0.2) is 0 Å². The second-order valence-electron chi connectivity index (χ2n) is 9.88. The van der Waals surface area contributed by atoms with Gasteiger partial charge >= 0.3 is 6.03 Å². The van der Waals surface area contributed by atoms with Gasteiger partial charge in [-0.2, -0.15) is 0 Å². The van der Waals surface area contributed by atoms with Crippen LogP contribution in [0.4, 0.5) is 10.6 Å². The molecule has 8 heteroatoms. The molecule has 7 rings (SSSR count). The number of benzene rings is 2. The summed E-state index contributed by atoms with van der Waals surface area (Å²) < 4.78 is 12.3. The number of anilines is 1. The maximum atomic E-state index is 12.8. The average Bonchev–Trinajstić information content (AvgIpc) is 3.40. The molecule has 0 spiro atoms. The first-order valence-corrected chi connectivity index (χ1v) is 12.5. The minimum atomic E-state index is -0.154. The molecule has 3 N–H and O–H groups in total. The van der Waals surface area contributed by atoms with Crippen LogP contribution in [0.2, 0.25) is 0 Å². The fourth-order valence-corrected chi connectivity index (χ4v) is 5.81. The fourth-order valence-electron chi connectivity index (χ4n) is 5.81. The molecule has 4 aliphatic rings. The van der Waals surface area contributed by atoms with Crippen molar-refractivity contribution >= 4 is 17.8 Å². The number of aromatic nitrogens is 1. The predicted octanol–water partition coefficient (Wildman–Crippen LogP) is 4.36. The number of aryl methyl sites for hydroxylation is 1. The Balaban J connectivity index is 1.03. The number of ether oxygens (including phenoxy) is 2. The minimum Gasteiger partial charge on any atom is -0.487 e. The summed E-state index contributed by atoms with van der Waals surface area (Å²) in [6.45, 7) is 0. The summed E-state index contributed by atoms with van der Waals surface area (Å²) in [5.74, 6) is 2.85. The van der Waals surface area contributed by atoms with Crippen molar-refractivity contribution in [2.75, 3.05) is 5.32 Å². The SMILES string of the molecule is O=C1CCc2c(Oc3ccc4c(c3)C3C(O4)[C@H]3NC(=O)NC3CCCc4ccccc43)ccnc2N1. The van der Waals surface area contributed by atoms with E-state index in [4.69, 9.17) is 9.47 Å². The van der Waals surface area contributed by atoms with Crippen LogP contribution in [0.1, 0.15) is 53.5 Å². The molecule has 1 saturated carbocycles. The first-order valence-electron chi connectivity index (χ1n) is 12.5. The molecule has 8 nitrogen and oxygen atoms in total. The van der Waals surface area contributed by atoms with Gasteiger partial charge in [-0.15, -0.1) is 0 Å². The van der Waals surface area contributed by atoms with Crippen LogP contribution in [0, 0.1) is 0 Å². The van der Waals surface area contributed by atoms with E-state index in [0.717, 1.165) is 36.1 Å². The van der Waals surface area contributed by atoms with E-state index < -0.39 is 0 Å². The lowest BCUT2D eigenvalue weighted by Gasteiger charge is -2.26. The lowest BCUT2D eigenvalue weighted by molar-refractivity contribution is -0.116. The van der Waals surface area contributed by atoms with Gasteiger partial charge in [0.25, 0.3) is 0 Å². The van der Waals surface area contributed by atoms with Crippen molar-refractivity contribution in [3.05, 3.63) is 77.0 Å². The minimum absolute atomic E-state index is 0.0307. The maximum Gasteiger partial charge on any atom is 0.315 e. The third-order valence-corrected chi connectivity index (χ3v) is 7.63. The molecule has 4 atom stereocenters. The lowest BCUT2D eigenvalue weighted by Crippen LogP contribution is -2.41. The van der Waals surface area contributed by atoms with Crippen LogP contribution in [-0.4, -0.2) is 29.1 Å². The molecule has 0 radical (unpaired) electrons. The lowest BCUT2D eigenvalue weighted by atomic mass is 9.88. The van der Waals surface area contributed by atoms with Crippen LogP contribution in [0.25, 0.3) is 0 Å². The molecule has 0 bridgehead atoms. The van der Waals surface area contributed by atoms with Crippen molar-refractivity contribution in [1.82, 2.24) is 15.6 Å². The van der Waals surface area contributed by atoms with Gasteiger partial charge in [-0.05, 0) is 61.1 Å². The van der Waals surface area contributed by atoms with Gasteiger partial charge in [-0.3, -0.25) is 4.79 Å². The van der Waals surface area contributed by atoms with Crippen molar-refractivity contribution in [2.24, 2.45) is 0 Å². The first kappa shape index (κ1) is 21.2. The van der Waals surface area contributed by atoms with E-state index >= 15 is 0 Å². The number of hydrogen-bond donors (Lipinski definition) is 3. The van der Waals surface area contributed by atoms with E-state index in [0.29, 0.717) is 30.2 Å². The van der Waals surface area contributed by atoms with Gasteiger partial charge in [-0.1, -0.05) is 24.3 Å². The molecule has 0 saturated heterocycles. The number of carbonyl (C=O) groups excluding carboxylic acids is 2. The molecule has 2 aliphatic heterocycles. The van der Waals surface area contributed by atoms with Crippen molar-refractivity contribution in [3.8, 4) is 17.2 Å². The molecule has 36 heavy (non-hydrogen) atoms. The third-order valence-electron chi connectivity index (χ3n) is 7.63. The van der Waals surface area contributed by atoms with Crippen molar-refractivity contribution in [1.29, 1.82) is 0 Å². The van der Waals surface area contributed by atoms with Gasteiger partial charge in [0.05, 0.1) is 18.0 Å². The third kappa shape index (κ3) is 3.64. The first-order chi connectivity index (χ1) is 17.6. The molecule has 2 aliphatic carbocycles. The number of rotatable bonds is 4. The van der Waals surface area contributed by atoms with Gasteiger partial charge in [-0.25, -0.2) is 9.78 Å². The van der Waals surface area contributed by atoms with Crippen LogP contribution in [0.5, 0.6) is 17.2 Å². The number of urea groups is 1. The van der Waals surface area contributed by atoms with Crippen LogP contribution in [-0.2, 0) is 17.6 Å². The normalized spacial score (nSPS) is 24.7. The van der Waals surface area contributed by atoms with Crippen molar-refractivity contribution in [2.45, 2.75) is 56.2 Å². The van der Waals surface area contributed by atoms with E-state index in [1.165, 1.54) is 11.1 Å². The number of hydrogen-bond acceptors (Lipinski definition) is 5. The van der Waals surface area contributed by atoms with E-state index in [2.05, 4.69) is 39.1 Å². The fraction of sp³-hybridized carbons (Fsp3) is 0.321. The molecule has 3 aromatic rings. The standard InChI is InChI=1S/C28H26N4O4/c33-23-11-9-18-22(12-13-29-27(18)31-23)35-16-8-10-21-19(14-16)24-25(26(24)36-21)32-28(34)30-20-7-3-5-15-4-1-2-6-17(15)20/h1-2,4,6,8,10,12-14,20,24-26H,3,5,7,9,11H2,(H,29,31,33)(H2,30,32,34)/t20?,24?,25-,26?/m0/s1. The number of fused-ring (bicyclic) bond motifs is 5. The number of pyridine rings is 1. The summed E-state index contributed by atoms with van der Waals surface area (Å²) in [5.41, 5.74) is 4.48. The van der Waals surface area contributed by atoms with Gasteiger partial charge < -0.3 is 25.4 Å². The van der Waals surface area contributed by atoms with E-state index in [1.807, 2.05) is 30.3 Å². The second kappa shape index (κ2) is 8.26. The number of carbonyl (C=O) groups is 2. The van der Waals surface area contributed by atoms with Gasteiger partial charge in [0.1, 0.15) is 29.2 Å². The monoisotopic (exact) mass is 482 g/mol. The smallest absolute Gasteiger partial charge is 0.315 e. The molecular formula is C28H26N4O4. The summed E-state index contributed by atoms with van der Waals surface area (Å²) in [5, 5.41) is 9.10. The molecular weight excluding hydrogens is 456 g/mol. The van der Waals surface area contributed by atoms with E-state index in [1.54, 1.807) is 6.20 Å². The van der Waals surface area contributed by atoms with Gasteiger partial charge in [0, 0.05) is 23.7 Å². The molecule has 1 fully saturated rings. The topological polar surface area (TPSA) is 102 Å². The van der Waals surface area contributed by atoms with Crippen LogP contribution < -0.4 is 25.4 Å². The summed E-state index contributed by atoms with van der Waals surface area (Å²) in [6.07, 6.45) is 5.68. The predicted molar refractivity (Wildman–Crippen MR) is 132 cm³/mol. The quantitative estimate of drug-likeness (QED) is 0.513. The number of nitrogens with one attached hydrogen (secondary N) is 3. The Kier molecular flexibility index (Phi) is 4.87. The van der Waals surface area contributed by atoms with E-state index in [-0.39, 0.29) is 36.0 Å². The van der Waals surface area contributed by atoms with Crippen molar-refractivity contribution < 1.29 is 19.1 Å². The summed E-state index contributed by atoms with van der Waals surface area (Å²) in [4.78, 5) is 28.8. The zero-order valence-corrected chi connectivity index (χ0v) is 19.6. The maximum absolute atomic E-state index is 12.8. The Morgan fingerprint density at radius 2 is 1.97 bits per heavy atom. The number of amides is 3. The largest absolute Gasteiger partial charge is 0.487 e. The summed E-state index contributed by atoms with van der Waals surface area (Å²) >= 11 is 0. The highest BCUT2D eigenvalue weighted by Crippen LogP contribution is 2.54. The Hall–Kier alpha value is -4.07. The highest BCUT2D eigenvalue weighted by Gasteiger charge is 2.59.